The highest BCUT2D eigenvalue weighted by molar-refractivity contribution is 7.90. The number of nitrogens with zero attached hydrogens (tertiary/aromatic N) is 7. The molecule has 4 heterocycles. The molecule has 262 valence electrons. The lowest BCUT2D eigenvalue weighted by Gasteiger charge is -2.25. The Morgan fingerprint density at radius 1 is 1.08 bits per heavy atom. The number of benzene rings is 2. The number of aryl methyl sites for hydroxylation is 3. The monoisotopic (exact) mass is 718 g/mol. The Kier molecular flexibility index (Phi) is 9.70. The summed E-state index contributed by atoms with van der Waals surface area (Å²) < 4.78 is 60.7. The van der Waals surface area contributed by atoms with Crippen LogP contribution in [0.3, 0.4) is 0 Å². The number of anilines is 1. The van der Waals surface area contributed by atoms with E-state index >= 15 is 0 Å². The van der Waals surface area contributed by atoms with Gasteiger partial charge >= 0.3 is 0 Å². The van der Waals surface area contributed by atoms with Crippen LogP contribution in [0.4, 0.5) is 5.69 Å². The molecule has 2 atom stereocenters. The highest BCUT2D eigenvalue weighted by atomic mass is 32.2. The van der Waals surface area contributed by atoms with Crippen LogP contribution in [-0.4, -0.2) is 75.9 Å². The Morgan fingerprint density at radius 3 is 2.54 bits per heavy atom. The van der Waals surface area contributed by atoms with Crippen molar-refractivity contribution in [3.05, 3.63) is 88.9 Å². The summed E-state index contributed by atoms with van der Waals surface area (Å²) in [6, 6.07) is 12.8. The smallest absolute Gasteiger partial charge is 0.248 e. The third-order valence-corrected chi connectivity index (χ3v) is 11.6. The van der Waals surface area contributed by atoms with Crippen molar-refractivity contribution < 1.29 is 26.4 Å². The summed E-state index contributed by atoms with van der Waals surface area (Å²) in [4.78, 5) is 25.6. The molecule has 50 heavy (non-hydrogen) atoms. The predicted octanol–water partition coefficient (Wildman–Crippen LogP) is 4.18. The van der Waals surface area contributed by atoms with Gasteiger partial charge in [-0.1, -0.05) is 36.4 Å². The molecular formula is C34H38N8O6S2. The molecule has 16 heteroatoms. The second-order valence-corrected chi connectivity index (χ2v) is 16.1. The van der Waals surface area contributed by atoms with Gasteiger partial charge in [-0.05, 0) is 73.2 Å². The van der Waals surface area contributed by atoms with Crippen molar-refractivity contribution in [3.63, 3.8) is 0 Å². The topological polar surface area (TPSA) is 179 Å². The molecule has 0 saturated carbocycles. The second-order valence-electron chi connectivity index (χ2n) is 12.3. The van der Waals surface area contributed by atoms with Crippen LogP contribution >= 0.6 is 0 Å². The van der Waals surface area contributed by atoms with Crippen LogP contribution in [-0.2, 0) is 37.7 Å². The van der Waals surface area contributed by atoms with Crippen LogP contribution in [0.1, 0.15) is 60.4 Å². The Hall–Kier alpha value is -4.80. The summed E-state index contributed by atoms with van der Waals surface area (Å²) in [6.07, 6.45) is 5.23. The lowest BCUT2D eigenvalue weighted by Crippen LogP contribution is -2.36. The van der Waals surface area contributed by atoms with Crippen LogP contribution in [0.25, 0.3) is 11.0 Å². The molecule has 0 bridgehead atoms. The first kappa shape index (κ1) is 35.0. The van der Waals surface area contributed by atoms with E-state index in [9.17, 15) is 21.6 Å². The molecule has 0 saturated heterocycles. The van der Waals surface area contributed by atoms with Gasteiger partial charge in [0.05, 0.1) is 30.1 Å². The van der Waals surface area contributed by atoms with Gasteiger partial charge < -0.3 is 10.1 Å². The molecule has 2 aromatic carbocycles. The fraction of sp³-hybridized carbons (Fsp3) is 0.353. The fourth-order valence-electron chi connectivity index (χ4n) is 6.12. The van der Waals surface area contributed by atoms with Gasteiger partial charge in [0.1, 0.15) is 16.5 Å². The van der Waals surface area contributed by atoms with Gasteiger partial charge in [0.2, 0.25) is 36.8 Å². The summed E-state index contributed by atoms with van der Waals surface area (Å²) in [6.45, 7) is 8.68. The molecule has 3 aromatic heterocycles. The zero-order valence-electron chi connectivity index (χ0n) is 28.4. The summed E-state index contributed by atoms with van der Waals surface area (Å²) >= 11 is 0. The highest BCUT2D eigenvalue weighted by Crippen LogP contribution is 2.36. The summed E-state index contributed by atoms with van der Waals surface area (Å²) in [5.74, 6) is -0.730. The van der Waals surface area contributed by atoms with Crippen LogP contribution in [0.15, 0.2) is 71.1 Å². The number of pyridine rings is 1. The Morgan fingerprint density at radius 2 is 1.84 bits per heavy atom. The van der Waals surface area contributed by atoms with Crippen molar-refractivity contribution in [1.29, 1.82) is 0 Å². The SMILES string of the molecule is CC[C@@H]1CN(Cc2cc(C(CC(=O)Nc3cnc(S(C)(=O)=O)nc3)c3ccc4c(nnn4CC)c3C)ccc2C)S(=O)(=O)c2cccnc2O1. The molecule has 0 fully saturated rings. The van der Waals surface area contributed by atoms with E-state index in [2.05, 4.69) is 30.6 Å². The standard InChI is InChI=1S/C34H38N8O6S2/c1-6-26-20-41(50(46,47)30-9-8-14-35-33(30)48-26)19-24-15-23(11-10-21(24)3)28(27-12-13-29-32(22(27)4)39-40-42(29)7-2)16-31(43)38-25-17-36-34(37-18-25)49(5,44)45/h8-15,17-18,26,28H,6-7,16,19-20H2,1-5H3,(H,38,43)/t26-,28?/m1/s1. The third kappa shape index (κ3) is 6.95. The Balaban J connectivity index is 1.38. The van der Waals surface area contributed by atoms with Crippen molar-refractivity contribution in [3.8, 4) is 5.88 Å². The first-order valence-electron chi connectivity index (χ1n) is 16.2. The van der Waals surface area contributed by atoms with E-state index in [1.54, 1.807) is 10.7 Å². The molecule has 5 aromatic rings. The number of amides is 1. The number of hydrogen-bond donors (Lipinski definition) is 1. The number of sulfonamides is 1. The van der Waals surface area contributed by atoms with E-state index in [4.69, 9.17) is 4.74 Å². The predicted molar refractivity (Wildman–Crippen MR) is 186 cm³/mol. The van der Waals surface area contributed by atoms with E-state index in [-0.39, 0.29) is 53.1 Å². The average Bonchev–Trinajstić information content (AvgIpc) is 3.47. The van der Waals surface area contributed by atoms with Crippen molar-refractivity contribution in [1.82, 2.24) is 34.3 Å². The van der Waals surface area contributed by atoms with Gasteiger partial charge in [-0.3, -0.25) is 4.79 Å². The quantitative estimate of drug-likeness (QED) is 0.205. The number of rotatable bonds is 10. The number of carbonyl (C=O) groups excluding carboxylic acids is 1. The van der Waals surface area contributed by atoms with Crippen LogP contribution in [0.2, 0.25) is 0 Å². The first-order valence-corrected chi connectivity index (χ1v) is 19.5. The molecule has 0 spiro atoms. The van der Waals surface area contributed by atoms with Gasteiger partial charge in [-0.25, -0.2) is 36.5 Å². The molecule has 6 rings (SSSR count). The third-order valence-electron chi connectivity index (χ3n) is 8.91. The van der Waals surface area contributed by atoms with Crippen LogP contribution < -0.4 is 10.1 Å². The number of nitrogens with one attached hydrogen (secondary N) is 1. The summed E-state index contributed by atoms with van der Waals surface area (Å²) in [5.41, 5.74) is 6.03. The number of aromatic nitrogens is 6. The molecule has 0 radical (unpaired) electrons. The Labute approximate surface area is 290 Å². The van der Waals surface area contributed by atoms with Gasteiger partial charge in [0.15, 0.2) is 0 Å². The van der Waals surface area contributed by atoms with Gasteiger partial charge in [-0.15, -0.1) is 5.10 Å². The normalized spacial score (nSPS) is 16.7. The number of hydrogen-bond acceptors (Lipinski definition) is 11. The maximum Gasteiger partial charge on any atom is 0.248 e. The van der Waals surface area contributed by atoms with E-state index in [0.29, 0.717) is 13.0 Å². The maximum absolute atomic E-state index is 13.9. The van der Waals surface area contributed by atoms with Gasteiger partial charge in [0, 0.05) is 37.9 Å². The number of carbonyl (C=O) groups is 1. The molecule has 14 nitrogen and oxygen atoms in total. The van der Waals surface area contributed by atoms with E-state index in [1.165, 1.54) is 29.0 Å². The van der Waals surface area contributed by atoms with Crippen molar-refractivity contribution >= 4 is 42.5 Å². The molecular weight excluding hydrogens is 681 g/mol. The average molecular weight is 719 g/mol. The molecule has 1 N–H and O–H groups in total. The largest absolute Gasteiger partial charge is 0.472 e. The minimum atomic E-state index is -3.95. The minimum absolute atomic E-state index is 0.00258. The zero-order chi connectivity index (χ0) is 35.8. The molecule has 1 aliphatic heterocycles. The molecule has 1 aliphatic rings. The molecule has 1 unspecified atom stereocenters. The number of fused-ring (bicyclic) bond motifs is 2. The summed E-state index contributed by atoms with van der Waals surface area (Å²) in [5, 5.41) is 11.2. The van der Waals surface area contributed by atoms with E-state index in [0.717, 1.165) is 45.1 Å². The maximum atomic E-state index is 13.9. The molecule has 0 aliphatic carbocycles. The van der Waals surface area contributed by atoms with Crippen LogP contribution in [0.5, 0.6) is 5.88 Å². The Bertz CT molecular complexity index is 2290. The fourth-order valence-corrected chi connectivity index (χ4v) is 8.13. The lowest BCUT2D eigenvalue weighted by atomic mass is 9.84. The lowest BCUT2D eigenvalue weighted by molar-refractivity contribution is -0.116. The van der Waals surface area contributed by atoms with Crippen molar-refractivity contribution in [2.45, 2.75) is 75.7 Å². The van der Waals surface area contributed by atoms with Crippen LogP contribution in [0, 0.1) is 13.8 Å². The van der Waals surface area contributed by atoms with Crippen molar-refractivity contribution in [2.24, 2.45) is 0 Å². The highest BCUT2D eigenvalue weighted by Gasteiger charge is 2.35. The first-order chi connectivity index (χ1) is 23.8. The number of sulfone groups is 1. The van der Waals surface area contributed by atoms with Crippen molar-refractivity contribution in [2.75, 3.05) is 18.1 Å². The number of ether oxygens (including phenoxy) is 1. The van der Waals surface area contributed by atoms with Gasteiger partial charge in [-0.2, -0.15) is 4.31 Å². The second kappa shape index (κ2) is 13.8. The minimum Gasteiger partial charge on any atom is -0.472 e. The van der Waals surface area contributed by atoms with Gasteiger partial charge in [0.25, 0.3) is 0 Å². The summed E-state index contributed by atoms with van der Waals surface area (Å²) in [7, 11) is -7.55. The zero-order valence-corrected chi connectivity index (χ0v) is 30.0. The molecule has 1 amide bonds. The van der Waals surface area contributed by atoms with E-state index in [1.807, 2.05) is 58.0 Å². The van der Waals surface area contributed by atoms with E-state index < -0.39 is 25.8 Å².